The van der Waals surface area contributed by atoms with Crippen molar-refractivity contribution in [3.8, 4) is 0 Å². The molecule has 4 rings (SSSR count). The van der Waals surface area contributed by atoms with E-state index in [1.165, 1.54) is 11.3 Å². The van der Waals surface area contributed by atoms with E-state index in [2.05, 4.69) is 20.9 Å². The number of carbonyl (C=O) groups excluding carboxylic acids is 2. The van der Waals surface area contributed by atoms with Crippen molar-refractivity contribution in [1.82, 2.24) is 15.2 Å². The minimum Gasteiger partial charge on any atom is -0.481 e. The molecule has 3 amide bonds. The van der Waals surface area contributed by atoms with E-state index in [0.29, 0.717) is 18.7 Å². The van der Waals surface area contributed by atoms with Crippen molar-refractivity contribution in [3.63, 3.8) is 0 Å². The van der Waals surface area contributed by atoms with Crippen LogP contribution in [-0.4, -0.2) is 52.5 Å². The second-order valence-corrected chi connectivity index (χ2v) is 10.3. The highest BCUT2D eigenvalue weighted by atomic mass is 32.1. The molecule has 0 saturated carbocycles. The van der Waals surface area contributed by atoms with Crippen LogP contribution in [0.25, 0.3) is 0 Å². The predicted molar refractivity (Wildman–Crippen MR) is 144 cm³/mol. The largest absolute Gasteiger partial charge is 0.481 e. The lowest BCUT2D eigenvalue weighted by Crippen LogP contribution is -2.35. The summed E-state index contributed by atoms with van der Waals surface area (Å²) in [5.41, 5.74) is 3.20. The van der Waals surface area contributed by atoms with Crippen LogP contribution in [0.3, 0.4) is 0 Å². The highest BCUT2D eigenvalue weighted by molar-refractivity contribution is 7.11. The van der Waals surface area contributed by atoms with Gasteiger partial charge in [0, 0.05) is 35.0 Å². The van der Waals surface area contributed by atoms with Crippen LogP contribution in [0.2, 0.25) is 0 Å². The van der Waals surface area contributed by atoms with Crippen LogP contribution in [0.15, 0.2) is 54.7 Å². The van der Waals surface area contributed by atoms with Crippen LogP contribution in [0.1, 0.15) is 39.9 Å². The van der Waals surface area contributed by atoms with Crippen molar-refractivity contribution >= 4 is 40.6 Å². The Labute approximate surface area is 219 Å². The SMILES string of the molecule is CNC1CC(c2ncc(CCC(=O)O)s2)N(C(=O)Cc2ccc(NC(=O)Nc3ccccc3C)cc2)C1. The van der Waals surface area contributed by atoms with Gasteiger partial charge in [0.2, 0.25) is 5.91 Å². The third-order valence-electron chi connectivity index (χ3n) is 6.43. The third-order valence-corrected chi connectivity index (χ3v) is 7.59. The normalized spacial score (nSPS) is 17.0. The van der Waals surface area contributed by atoms with Gasteiger partial charge in [-0.2, -0.15) is 0 Å². The van der Waals surface area contributed by atoms with Gasteiger partial charge in [0.25, 0.3) is 0 Å². The lowest BCUT2D eigenvalue weighted by Gasteiger charge is -2.23. The number of nitrogens with zero attached hydrogens (tertiary/aromatic N) is 2. The Balaban J connectivity index is 1.37. The molecule has 2 heterocycles. The quantitative estimate of drug-likeness (QED) is 0.334. The Morgan fingerprint density at radius 2 is 1.86 bits per heavy atom. The number of hydrogen-bond donors (Lipinski definition) is 4. The molecule has 1 aliphatic heterocycles. The lowest BCUT2D eigenvalue weighted by molar-refractivity contribution is -0.137. The number of aliphatic carboxylic acids is 1. The Morgan fingerprint density at radius 3 is 2.57 bits per heavy atom. The van der Waals surface area contributed by atoms with Crippen LogP contribution in [0, 0.1) is 6.92 Å². The van der Waals surface area contributed by atoms with Crippen LogP contribution in [0.4, 0.5) is 16.2 Å². The molecule has 0 aliphatic carbocycles. The molecule has 37 heavy (non-hydrogen) atoms. The monoisotopic (exact) mass is 521 g/mol. The molecular formula is C27H31N5O4S. The molecule has 194 valence electrons. The molecule has 9 nitrogen and oxygen atoms in total. The molecule has 0 bridgehead atoms. The first kappa shape index (κ1) is 26.3. The molecule has 1 aliphatic rings. The summed E-state index contributed by atoms with van der Waals surface area (Å²) in [5.74, 6) is -0.834. The Kier molecular flexibility index (Phi) is 8.52. The van der Waals surface area contributed by atoms with E-state index in [1.807, 2.05) is 55.3 Å². The van der Waals surface area contributed by atoms with Crippen molar-refractivity contribution in [2.45, 2.75) is 44.7 Å². The van der Waals surface area contributed by atoms with E-state index in [4.69, 9.17) is 5.11 Å². The molecule has 4 N–H and O–H groups in total. The maximum absolute atomic E-state index is 13.3. The number of carboxylic acids is 1. The molecule has 1 fully saturated rings. The summed E-state index contributed by atoms with van der Waals surface area (Å²) in [5, 5.41) is 18.7. The number of likely N-dealkylation sites (N-methyl/N-ethyl adjacent to an activating group) is 1. The lowest BCUT2D eigenvalue weighted by atomic mass is 10.1. The van der Waals surface area contributed by atoms with E-state index in [9.17, 15) is 14.4 Å². The summed E-state index contributed by atoms with van der Waals surface area (Å²) in [6.07, 6.45) is 3.21. The van der Waals surface area contributed by atoms with Gasteiger partial charge in [-0.1, -0.05) is 30.3 Å². The maximum atomic E-state index is 13.3. The van der Waals surface area contributed by atoms with Gasteiger partial charge < -0.3 is 26.0 Å². The molecule has 2 aromatic carbocycles. The molecule has 0 spiro atoms. The smallest absolute Gasteiger partial charge is 0.323 e. The Hall–Kier alpha value is -3.76. The number of rotatable bonds is 9. The highest BCUT2D eigenvalue weighted by Crippen LogP contribution is 2.35. The van der Waals surface area contributed by atoms with E-state index >= 15 is 0 Å². The topological polar surface area (TPSA) is 124 Å². The van der Waals surface area contributed by atoms with Crippen molar-refractivity contribution in [2.75, 3.05) is 24.2 Å². The summed E-state index contributed by atoms with van der Waals surface area (Å²) in [7, 11) is 1.89. The van der Waals surface area contributed by atoms with Crippen LogP contribution in [0.5, 0.6) is 0 Å². The van der Waals surface area contributed by atoms with Gasteiger partial charge in [0.1, 0.15) is 5.01 Å². The fraction of sp³-hybridized carbons (Fsp3) is 0.333. The number of aromatic nitrogens is 1. The zero-order valence-electron chi connectivity index (χ0n) is 20.9. The molecular weight excluding hydrogens is 490 g/mol. The minimum atomic E-state index is -0.837. The summed E-state index contributed by atoms with van der Waals surface area (Å²) >= 11 is 1.48. The second kappa shape index (κ2) is 12.0. The average Bonchev–Trinajstić information content (AvgIpc) is 3.52. The molecule has 1 saturated heterocycles. The van der Waals surface area contributed by atoms with Gasteiger partial charge in [0.05, 0.1) is 18.9 Å². The number of hydrogen-bond acceptors (Lipinski definition) is 6. The van der Waals surface area contributed by atoms with Crippen molar-refractivity contribution in [1.29, 1.82) is 0 Å². The van der Waals surface area contributed by atoms with E-state index in [-0.39, 0.29) is 36.9 Å². The van der Waals surface area contributed by atoms with Crippen molar-refractivity contribution in [2.24, 2.45) is 0 Å². The first-order chi connectivity index (χ1) is 17.8. The fourth-order valence-electron chi connectivity index (χ4n) is 4.36. The Bertz CT molecular complexity index is 1260. The van der Waals surface area contributed by atoms with Gasteiger partial charge >= 0.3 is 12.0 Å². The molecule has 2 unspecified atom stereocenters. The Morgan fingerprint density at radius 1 is 1.11 bits per heavy atom. The first-order valence-electron chi connectivity index (χ1n) is 12.2. The van der Waals surface area contributed by atoms with Crippen molar-refractivity contribution in [3.05, 3.63) is 75.7 Å². The van der Waals surface area contributed by atoms with Crippen LogP contribution >= 0.6 is 11.3 Å². The van der Waals surface area contributed by atoms with E-state index < -0.39 is 5.97 Å². The number of aryl methyl sites for hydroxylation is 2. The van der Waals surface area contributed by atoms with Crippen LogP contribution < -0.4 is 16.0 Å². The van der Waals surface area contributed by atoms with Gasteiger partial charge in [-0.15, -0.1) is 11.3 Å². The number of urea groups is 1. The second-order valence-electron chi connectivity index (χ2n) is 9.11. The maximum Gasteiger partial charge on any atom is 0.323 e. The average molecular weight is 522 g/mol. The molecule has 0 radical (unpaired) electrons. The molecule has 2 atom stereocenters. The molecule has 3 aromatic rings. The van der Waals surface area contributed by atoms with E-state index in [0.717, 1.165) is 33.1 Å². The summed E-state index contributed by atoms with van der Waals surface area (Å²) in [6.45, 7) is 2.51. The van der Waals surface area contributed by atoms with E-state index in [1.54, 1.807) is 18.3 Å². The zero-order chi connectivity index (χ0) is 26.4. The highest BCUT2D eigenvalue weighted by Gasteiger charge is 2.37. The van der Waals surface area contributed by atoms with Crippen LogP contribution in [-0.2, 0) is 22.4 Å². The van der Waals surface area contributed by atoms with Crippen molar-refractivity contribution < 1.29 is 19.5 Å². The number of amides is 3. The summed E-state index contributed by atoms with van der Waals surface area (Å²) < 4.78 is 0. The minimum absolute atomic E-state index is 0.00282. The number of carboxylic acid groups (broad SMARTS) is 1. The number of carbonyl (C=O) groups is 3. The first-order valence-corrected chi connectivity index (χ1v) is 13.0. The number of nitrogens with one attached hydrogen (secondary N) is 3. The molecule has 1 aromatic heterocycles. The number of likely N-dealkylation sites (tertiary alicyclic amines) is 1. The number of benzene rings is 2. The summed E-state index contributed by atoms with van der Waals surface area (Å²) in [4.78, 5) is 43.8. The number of anilines is 2. The predicted octanol–water partition coefficient (Wildman–Crippen LogP) is 4.22. The van der Waals surface area contributed by atoms with Gasteiger partial charge in [-0.3, -0.25) is 9.59 Å². The number of para-hydroxylation sites is 1. The van der Waals surface area contributed by atoms with Gasteiger partial charge in [-0.25, -0.2) is 9.78 Å². The van der Waals surface area contributed by atoms with Gasteiger partial charge in [-0.05, 0) is 56.1 Å². The standard InChI is InChI=1S/C27H31N5O4S/c1-17-5-3-4-6-22(17)31-27(36)30-19-9-7-18(8-10-19)13-24(33)32-16-20(28-2)14-23(32)26-29-15-21(37-26)11-12-25(34)35/h3-10,15,20,23,28H,11-14,16H2,1-2H3,(H,34,35)(H2,30,31,36). The molecule has 10 heteroatoms. The fourth-order valence-corrected chi connectivity index (χ4v) is 5.40. The third kappa shape index (κ3) is 6.93. The van der Waals surface area contributed by atoms with Gasteiger partial charge in [0.15, 0.2) is 0 Å². The zero-order valence-corrected chi connectivity index (χ0v) is 21.7. The number of thiazole rings is 1. The summed E-state index contributed by atoms with van der Waals surface area (Å²) in [6, 6.07) is 14.5.